The summed E-state index contributed by atoms with van der Waals surface area (Å²) in [6.07, 6.45) is -1.42. The Morgan fingerprint density at radius 1 is 1.21 bits per heavy atom. The average Bonchev–Trinajstić information content (AvgIpc) is 3.51. The van der Waals surface area contributed by atoms with Crippen molar-refractivity contribution in [3.8, 4) is 6.07 Å². The lowest BCUT2D eigenvalue weighted by Gasteiger charge is -2.43. The summed E-state index contributed by atoms with van der Waals surface area (Å²) < 4.78 is 40.2. The Morgan fingerprint density at radius 3 is 2.42 bits per heavy atom. The smallest absolute Gasteiger partial charge is 0.371 e. The molecule has 1 aromatic rings. The maximum atomic E-state index is 13.4. The van der Waals surface area contributed by atoms with Crippen molar-refractivity contribution >= 4 is 17.5 Å². The number of nitrogens with one attached hydrogen (secondary N) is 1. The predicted octanol–water partition coefficient (Wildman–Crippen LogP) is 3.56. The van der Waals surface area contributed by atoms with Gasteiger partial charge in [-0.25, -0.2) is 0 Å². The average molecular weight is 463 g/mol. The quantitative estimate of drug-likeness (QED) is 0.743. The van der Waals surface area contributed by atoms with Crippen LogP contribution in [0.5, 0.6) is 0 Å². The van der Waals surface area contributed by atoms with Gasteiger partial charge in [0.2, 0.25) is 11.8 Å². The van der Waals surface area contributed by atoms with E-state index in [-0.39, 0.29) is 35.1 Å². The van der Waals surface area contributed by atoms with Crippen molar-refractivity contribution in [3.63, 3.8) is 0 Å². The molecule has 3 fully saturated rings. The van der Waals surface area contributed by atoms with Gasteiger partial charge in [-0.05, 0) is 43.9 Å². The number of halogens is 3. The van der Waals surface area contributed by atoms with E-state index in [4.69, 9.17) is 5.26 Å². The molecule has 1 atom stereocenters. The highest BCUT2D eigenvalue weighted by molar-refractivity contribution is 5.84. The molecule has 1 saturated carbocycles. The van der Waals surface area contributed by atoms with Crippen molar-refractivity contribution in [1.29, 1.82) is 5.26 Å². The van der Waals surface area contributed by atoms with Crippen LogP contribution in [0.1, 0.15) is 50.7 Å². The van der Waals surface area contributed by atoms with Crippen molar-refractivity contribution < 1.29 is 22.8 Å². The first-order valence-corrected chi connectivity index (χ1v) is 11.5. The minimum absolute atomic E-state index is 0.0114. The number of rotatable bonds is 4. The van der Waals surface area contributed by atoms with E-state index in [2.05, 4.69) is 5.32 Å². The zero-order valence-electron chi connectivity index (χ0n) is 18.9. The van der Waals surface area contributed by atoms with Crippen LogP contribution in [0, 0.1) is 28.6 Å². The number of amides is 2. The predicted molar refractivity (Wildman–Crippen MR) is 116 cm³/mol. The molecule has 178 valence electrons. The minimum atomic E-state index is -4.60. The molecule has 4 rings (SSSR count). The Bertz CT molecular complexity index is 973. The third kappa shape index (κ3) is 4.66. The fourth-order valence-electron chi connectivity index (χ4n) is 5.17. The Labute approximate surface area is 191 Å². The van der Waals surface area contributed by atoms with E-state index >= 15 is 0 Å². The molecule has 0 aromatic heterocycles. The lowest BCUT2D eigenvalue weighted by Crippen LogP contribution is -2.49. The van der Waals surface area contributed by atoms with Gasteiger partial charge in [0.25, 0.3) is 0 Å². The van der Waals surface area contributed by atoms with Crippen LogP contribution in [0.3, 0.4) is 0 Å². The van der Waals surface area contributed by atoms with E-state index in [1.54, 1.807) is 17.0 Å². The van der Waals surface area contributed by atoms with Gasteiger partial charge >= 0.3 is 6.18 Å². The number of alkyl halides is 3. The summed E-state index contributed by atoms with van der Waals surface area (Å²) >= 11 is 0. The Hall–Kier alpha value is -2.76. The molecule has 2 amide bonds. The van der Waals surface area contributed by atoms with Gasteiger partial charge in [0.05, 0.1) is 23.1 Å². The molecule has 1 unspecified atom stereocenters. The van der Waals surface area contributed by atoms with Gasteiger partial charge in [-0.15, -0.1) is 0 Å². The number of nitriles is 1. The number of piperidine rings is 1. The first kappa shape index (κ1) is 23.4. The molecule has 0 radical (unpaired) electrons. The second kappa shape index (κ2) is 8.54. The molecule has 2 heterocycles. The van der Waals surface area contributed by atoms with Crippen molar-refractivity contribution in [2.75, 3.05) is 31.1 Å². The Balaban J connectivity index is 1.54. The Morgan fingerprint density at radius 2 is 1.88 bits per heavy atom. The molecule has 0 bridgehead atoms. The highest BCUT2D eigenvalue weighted by Gasteiger charge is 2.53. The van der Waals surface area contributed by atoms with Crippen LogP contribution >= 0.6 is 0 Å². The standard InChI is InChI=1S/C24H29F3N4O2/c1-15(2)22(33)31-13-20(21(32)29-17-4-5-17)23(14-31)7-9-30(10-8-23)18-6-3-16(12-28)19(11-18)24(25,26)27/h3,6,11,15,17,20H,4-5,7-10,13-14H2,1-2H3,(H,29,32). The maximum absolute atomic E-state index is 13.4. The highest BCUT2D eigenvalue weighted by Crippen LogP contribution is 2.46. The summed E-state index contributed by atoms with van der Waals surface area (Å²) in [5.74, 6) is -0.454. The largest absolute Gasteiger partial charge is 0.417 e. The topological polar surface area (TPSA) is 76.4 Å². The third-order valence-electron chi connectivity index (χ3n) is 7.25. The molecule has 1 spiro atoms. The van der Waals surface area contributed by atoms with Gasteiger partial charge in [-0.3, -0.25) is 9.59 Å². The van der Waals surface area contributed by atoms with E-state index in [0.29, 0.717) is 44.7 Å². The third-order valence-corrected chi connectivity index (χ3v) is 7.25. The number of anilines is 1. The summed E-state index contributed by atoms with van der Waals surface area (Å²) in [6.45, 7) is 5.56. The van der Waals surface area contributed by atoms with Gasteiger partial charge in [-0.1, -0.05) is 13.8 Å². The van der Waals surface area contributed by atoms with Crippen LogP contribution in [0.15, 0.2) is 18.2 Å². The van der Waals surface area contributed by atoms with Crippen molar-refractivity contribution in [3.05, 3.63) is 29.3 Å². The maximum Gasteiger partial charge on any atom is 0.417 e. The summed E-state index contributed by atoms with van der Waals surface area (Å²) in [5, 5.41) is 12.1. The fourth-order valence-corrected chi connectivity index (χ4v) is 5.17. The first-order chi connectivity index (χ1) is 15.5. The van der Waals surface area contributed by atoms with Gasteiger partial charge in [0.1, 0.15) is 0 Å². The molecule has 9 heteroatoms. The van der Waals surface area contributed by atoms with Crippen molar-refractivity contribution in [2.24, 2.45) is 17.3 Å². The van der Waals surface area contributed by atoms with Crippen molar-refractivity contribution in [1.82, 2.24) is 10.2 Å². The highest BCUT2D eigenvalue weighted by atomic mass is 19.4. The van der Waals surface area contributed by atoms with Crippen LogP contribution in [-0.2, 0) is 15.8 Å². The van der Waals surface area contributed by atoms with Crippen LogP contribution in [0.4, 0.5) is 18.9 Å². The van der Waals surface area contributed by atoms with Crippen LogP contribution in [-0.4, -0.2) is 48.9 Å². The van der Waals surface area contributed by atoms with Crippen LogP contribution in [0.2, 0.25) is 0 Å². The van der Waals surface area contributed by atoms with E-state index < -0.39 is 17.3 Å². The number of carbonyl (C=O) groups excluding carboxylic acids is 2. The normalized spacial score (nSPS) is 22.5. The number of carbonyl (C=O) groups is 2. The number of likely N-dealkylation sites (tertiary alicyclic amines) is 1. The monoisotopic (exact) mass is 462 g/mol. The minimum Gasteiger partial charge on any atom is -0.371 e. The number of nitrogens with zero attached hydrogens (tertiary/aromatic N) is 3. The molecule has 6 nitrogen and oxygen atoms in total. The number of hydrogen-bond donors (Lipinski definition) is 1. The summed E-state index contributed by atoms with van der Waals surface area (Å²) in [5.41, 5.74) is -1.28. The van der Waals surface area contributed by atoms with E-state index in [9.17, 15) is 22.8 Å². The molecule has 2 saturated heterocycles. The molecule has 1 aliphatic carbocycles. The molecule has 2 aliphatic heterocycles. The van der Waals surface area contributed by atoms with Crippen LogP contribution in [0.25, 0.3) is 0 Å². The fraction of sp³-hybridized carbons (Fsp3) is 0.625. The number of benzene rings is 1. The molecular formula is C24H29F3N4O2. The second-order valence-electron chi connectivity index (χ2n) is 9.90. The lowest BCUT2D eigenvalue weighted by molar-refractivity contribution is -0.138. The lowest BCUT2D eigenvalue weighted by atomic mass is 9.70. The number of hydrogen-bond acceptors (Lipinski definition) is 4. The summed E-state index contributed by atoms with van der Waals surface area (Å²) in [6, 6.07) is 5.64. The van der Waals surface area contributed by atoms with E-state index in [0.717, 1.165) is 18.9 Å². The molecular weight excluding hydrogens is 433 g/mol. The summed E-state index contributed by atoms with van der Waals surface area (Å²) in [7, 11) is 0. The zero-order chi connectivity index (χ0) is 24.0. The molecule has 33 heavy (non-hydrogen) atoms. The Kier molecular flexibility index (Phi) is 6.06. The molecule has 3 aliphatic rings. The van der Waals surface area contributed by atoms with Crippen LogP contribution < -0.4 is 10.2 Å². The molecule has 1 N–H and O–H groups in total. The zero-order valence-corrected chi connectivity index (χ0v) is 18.9. The van der Waals surface area contributed by atoms with Crippen molar-refractivity contribution in [2.45, 2.75) is 51.7 Å². The van der Waals surface area contributed by atoms with Gasteiger partial charge in [0, 0.05) is 49.2 Å². The molecule has 1 aromatic carbocycles. The van der Waals surface area contributed by atoms with Gasteiger partial charge in [-0.2, -0.15) is 18.4 Å². The van der Waals surface area contributed by atoms with E-state index in [1.165, 1.54) is 6.07 Å². The van der Waals surface area contributed by atoms with Gasteiger partial charge in [0.15, 0.2) is 0 Å². The SMILES string of the molecule is CC(C)C(=O)N1CC(C(=O)NC2CC2)C2(CCN(c3ccc(C#N)c(C(F)(F)F)c3)CC2)C1. The van der Waals surface area contributed by atoms with E-state index in [1.807, 2.05) is 18.7 Å². The first-order valence-electron chi connectivity index (χ1n) is 11.5. The summed E-state index contributed by atoms with van der Waals surface area (Å²) in [4.78, 5) is 29.4. The van der Waals surface area contributed by atoms with Gasteiger partial charge < -0.3 is 15.1 Å². The second-order valence-corrected chi connectivity index (χ2v) is 9.90.